The van der Waals surface area contributed by atoms with Crippen molar-refractivity contribution in [2.75, 3.05) is 5.32 Å². The van der Waals surface area contributed by atoms with Crippen LogP contribution in [0.1, 0.15) is 0 Å². The molecule has 3 N–H and O–H groups in total. The zero-order chi connectivity index (χ0) is 17.1. The molecule has 0 unspecified atom stereocenters. The lowest BCUT2D eigenvalue weighted by Crippen LogP contribution is -2.21. The fourth-order valence-electron chi connectivity index (χ4n) is 1.58. The maximum Gasteiger partial charge on any atom is 0.394 e. The smallest absolute Gasteiger partial charge is 0.394 e. The van der Waals surface area contributed by atoms with Gasteiger partial charge in [-0.1, -0.05) is 23.2 Å². The van der Waals surface area contributed by atoms with Crippen molar-refractivity contribution in [2.24, 2.45) is 0 Å². The molecule has 2 rings (SSSR count). The van der Waals surface area contributed by atoms with Crippen LogP contribution in [0.15, 0.2) is 30.3 Å². The number of aromatic hydroxyl groups is 1. The number of carbonyl (C=O) groups excluding carboxylic acids is 1. The molecule has 0 heterocycles. The first-order chi connectivity index (χ1) is 10.8. The number of phenols is 1. The Hall–Kier alpha value is -1.71. The lowest BCUT2D eigenvalue weighted by atomic mass is 10.3. The summed E-state index contributed by atoms with van der Waals surface area (Å²) in [5, 5.41) is 20.3. The zero-order valence-corrected chi connectivity index (χ0v) is 14.8. The molecular formula is C14H8Cl2INO5. The molecule has 23 heavy (non-hydrogen) atoms. The standard InChI is InChI=1S/C14H8Cl2INO5/c15-8-3-6(18-13(20)14(21)22)4-9(16)12(8)23-7-1-2-11(19)10(17)5-7/h1-5,19H,(H,18,20)(H,21,22). The molecule has 0 spiro atoms. The third-order valence-corrected chi connectivity index (χ3v) is 4.01. The minimum absolute atomic E-state index is 0.0845. The van der Waals surface area contributed by atoms with Gasteiger partial charge in [0.25, 0.3) is 0 Å². The maximum atomic E-state index is 11.1. The Morgan fingerprint density at radius 3 is 2.26 bits per heavy atom. The van der Waals surface area contributed by atoms with Crippen LogP contribution >= 0.6 is 45.8 Å². The predicted molar refractivity (Wildman–Crippen MR) is 93.6 cm³/mol. The van der Waals surface area contributed by atoms with Crippen LogP contribution < -0.4 is 10.1 Å². The molecule has 0 aliphatic heterocycles. The van der Waals surface area contributed by atoms with Crippen molar-refractivity contribution in [1.29, 1.82) is 0 Å². The number of halogens is 3. The average molecular weight is 468 g/mol. The summed E-state index contributed by atoms with van der Waals surface area (Å²) < 4.78 is 6.16. The van der Waals surface area contributed by atoms with Crippen molar-refractivity contribution in [3.8, 4) is 17.2 Å². The minimum Gasteiger partial charge on any atom is -0.507 e. The molecule has 0 fully saturated rings. The number of nitrogens with one attached hydrogen (secondary N) is 1. The Balaban J connectivity index is 2.28. The Labute approximate surface area is 154 Å². The highest BCUT2D eigenvalue weighted by molar-refractivity contribution is 14.1. The number of benzene rings is 2. The van der Waals surface area contributed by atoms with Crippen molar-refractivity contribution in [3.05, 3.63) is 43.9 Å². The number of carbonyl (C=O) groups is 2. The molecular weight excluding hydrogens is 460 g/mol. The van der Waals surface area contributed by atoms with E-state index in [0.29, 0.717) is 9.32 Å². The summed E-state index contributed by atoms with van der Waals surface area (Å²) in [5.41, 5.74) is 0.125. The van der Waals surface area contributed by atoms with Gasteiger partial charge in [-0.05, 0) is 52.9 Å². The van der Waals surface area contributed by atoms with E-state index in [4.69, 9.17) is 33.0 Å². The van der Waals surface area contributed by atoms with Crippen LogP contribution in [0, 0.1) is 3.57 Å². The van der Waals surface area contributed by atoms with E-state index >= 15 is 0 Å². The van der Waals surface area contributed by atoms with Crippen LogP contribution in [-0.4, -0.2) is 22.1 Å². The van der Waals surface area contributed by atoms with Crippen LogP contribution in [0.4, 0.5) is 5.69 Å². The van der Waals surface area contributed by atoms with E-state index < -0.39 is 11.9 Å². The molecule has 1 amide bonds. The highest BCUT2D eigenvalue weighted by atomic mass is 127. The van der Waals surface area contributed by atoms with Crippen molar-refractivity contribution >= 4 is 63.4 Å². The summed E-state index contributed by atoms with van der Waals surface area (Å²) in [5.74, 6) is -2.18. The van der Waals surface area contributed by atoms with Gasteiger partial charge in [0.2, 0.25) is 0 Å². The lowest BCUT2D eigenvalue weighted by Gasteiger charge is -2.12. The summed E-state index contributed by atoms with van der Waals surface area (Å²) in [6.07, 6.45) is 0. The van der Waals surface area contributed by atoms with E-state index in [9.17, 15) is 14.7 Å². The number of carboxylic acids is 1. The van der Waals surface area contributed by atoms with Crippen molar-refractivity contribution in [2.45, 2.75) is 0 Å². The quantitative estimate of drug-likeness (QED) is 0.466. The number of hydrogen-bond acceptors (Lipinski definition) is 4. The van der Waals surface area contributed by atoms with Crippen molar-refractivity contribution in [3.63, 3.8) is 0 Å². The van der Waals surface area contributed by atoms with Gasteiger partial charge in [-0.15, -0.1) is 0 Å². The second-order valence-corrected chi connectivity index (χ2v) is 6.22. The first-order valence-corrected chi connectivity index (χ1v) is 7.81. The first-order valence-electron chi connectivity index (χ1n) is 5.97. The largest absolute Gasteiger partial charge is 0.507 e. The minimum atomic E-state index is -1.63. The van der Waals surface area contributed by atoms with Crippen LogP contribution in [0.2, 0.25) is 10.0 Å². The summed E-state index contributed by atoms with van der Waals surface area (Å²) >= 11 is 14.1. The van der Waals surface area contributed by atoms with Crippen molar-refractivity contribution in [1.82, 2.24) is 0 Å². The normalized spacial score (nSPS) is 10.2. The van der Waals surface area contributed by atoms with Gasteiger partial charge in [-0.2, -0.15) is 0 Å². The molecule has 2 aromatic carbocycles. The van der Waals surface area contributed by atoms with Crippen LogP contribution in [0.25, 0.3) is 0 Å². The second-order valence-electron chi connectivity index (χ2n) is 4.24. The van der Waals surface area contributed by atoms with E-state index in [2.05, 4.69) is 5.32 Å². The Bertz CT molecular complexity index is 774. The molecule has 6 nitrogen and oxygen atoms in total. The fourth-order valence-corrected chi connectivity index (χ4v) is 2.63. The number of anilines is 1. The van der Waals surface area contributed by atoms with Gasteiger partial charge in [0, 0.05) is 5.69 Å². The van der Waals surface area contributed by atoms with Crippen molar-refractivity contribution < 1.29 is 24.5 Å². The van der Waals surface area contributed by atoms with Gasteiger partial charge in [0.05, 0.1) is 13.6 Å². The summed E-state index contributed by atoms with van der Waals surface area (Å²) in [4.78, 5) is 21.6. The number of amides is 1. The maximum absolute atomic E-state index is 11.1. The van der Waals surface area contributed by atoms with Gasteiger partial charge < -0.3 is 20.3 Å². The molecule has 0 saturated carbocycles. The van der Waals surface area contributed by atoms with Gasteiger partial charge in [-0.3, -0.25) is 4.79 Å². The average Bonchev–Trinajstić information content (AvgIpc) is 2.46. The summed E-state index contributed by atoms with van der Waals surface area (Å²) in [7, 11) is 0. The highest BCUT2D eigenvalue weighted by Crippen LogP contribution is 2.39. The molecule has 0 aromatic heterocycles. The molecule has 0 atom stereocenters. The monoisotopic (exact) mass is 467 g/mol. The number of ether oxygens (including phenoxy) is 1. The molecule has 0 aliphatic carbocycles. The number of hydrogen-bond donors (Lipinski definition) is 3. The number of carboxylic acid groups (broad SMARTS) is 1. The summed E-state index contributed by atoms with van der Waals surface area (Å²) in [6, 6.07) is 7.21. The van der Waals surface area contributed by atoms with E-state index in [-0.39, 0.29) is 27.2 Å². The van der Waals surface area contributed by atoms with E-state index in [1.54, 1.807) is 6.07 Å². The SMILES string of the molecule is O=C(O)C(=O)Nc1cc(Cl)c(Oc2ccc(O)c(I)c2)c(Cl)c1. The molecule has 0 saturated heterocycles. The molecule has 0 radical (unpaired) electrons. The van der Waals surface area contributed by atoms with E-state index in [1.165, 1.54) is 24.3 Å². The third-order valence-electron chi connectivity index (χ3n) is 2.59. The molecule has 9 heteroatoms. The Morgan fingerprint density at radius 2 is 1.74 bits per heavy atom. The van der Waals surface area contributed by atoms with Gasteiger partial charge in [-0.25, -0.2) is 4.79 Å². The molecule has 120 valence electrons. The van der Waals surface area contributed by atoms with Crippen LogP contribution in [0.5, 0.6) is 17.2 Å². The van der Waals surface area contributed by atoms with Gasteiger partial charge >= 0.3 is 11.9 Å². The van der Waals surface area contributed by atoms with Crippen LogP contribution in [0.3, 0.4) is 0 Å². The molecule has 0 aliphatic rings. The predicted octanol–water partition coefficient (Wildman–Crippen LogP) is 4.12. The van der Waals surface area contributed by atoms with Crippen LogP contribution in [-0.2, 0) is 9.59 Å². The lowest BCUT2D eigenvalue weighted by molar-refractivity contribution is -0.147. The Kier molecular flexibility index (Phi) is 5.55. The molecule has 0 bridgehead atoms. The topological polar surface area (TPSA) is 95.9 Å². The highest BCUT2D eigenvalue weighted by Gasteiger charge is 2.16. The summed E-state index contributed by atoms with van der Waals surface area (Å²) in [6.45, 7) is 0. The van der Waals surface area contributed by atoms with Gasteiger partial charge in [0.1, 0.15) is 11.5 Å². The van der Waals surface area contributed by atoms with E-state index in [1.807, 2.05) is 22.6 Å². The Morgan fingerprint density at radius 1 is 1.13 bits per heavy atom. The molecule has 2 aromatic rings. The number of phenolic OH excluding ortho intramolecular Hbond substituents is 1. The number of rotatable bonds is 3. The second kappa shape index (κ2) is 7.24. The van der Waals surface area contributed by atoms with E-state index in [0.717, 1.165) is 0 Å². The van der Waals surface area contributed by atoms with Gasteiger partial charge in [0.15, 0.2) is 5.75 Å². The zero-order valence-electron chi connectivity index (χ0n) is 11.1. The third kappa shape index (κ3) is 4.40. The fraction of sp³-hybridized carbons (Fsp3) is 0. The number of aliphatic carboxylic acids is 1. The first kappa shape index (κ1) is 17.6.